The lowest BCUT2D eigenvalue weighted by Crippen LogP contribution is -2.68. The first-order valence-electron chi connectivity index (χ1n) is 9.61. The molecule has 0 spiro atoms. The number of oxime groups is 1. The maximum atomic E-state index is 6.59. The first kappa shape index (κ1) is 18.8. The molecular weight excluding hydrogens is 372 g/mol. The Morgan fingerprint density at radius 3 is 1.52 bits per heavy atom. The van der Waals surface area contributed by atoms with Gasteiger partial charge in [0.05, 0.1) is 5.69 Å². The lowest BCUT2D eigenvalue weighted by Gasteiger charge is -2.30. The molecule has 0 amide bonds. The molecule has 0 saturated heterocycles. The Kier molecular flexibility index (Phi) is 5.63. The third-order valence-corrected chi connectivity index (χ3v) is 8.70. The van der Waals surface area contributed by atoms with Gasteiger partial charge in [-0.1, -0.05) is 97.1 Å². The highest BCUT2D eigenvalue weighted by Gasteiger charge is 2.44. The summed E-state index contributed by atoms with van der Waals surface area (Å²) in [6, 6.07) is 37.0. The van der Waals surface area contributed by atoms with E-state index in [4.69, 9.17) is 4.53 Å². The number of hydrogen-bond acceptors (Lipinski definition) is 3. The molecule has 0 atom stereocenters. The molecular formula is C25H22N2OSi. The number of nitrogens with zero attached hydrogens (tertiary/aromatic N) is 2. The zero-order valence-corrected chi connectivity index (χ0v) is 17.3. The Bertz CT molecular complexity index is 972. The molecule has 142 valence electrons. The fourth-order valence-electron chi connectivity index (χ4n) is 3.44. The van der Waals surface area contributed by atoms with Crippen LogP contribution in [0.25, 0.3) is 0 Å². The molecule has 0 aliphatic heterocycles. The minimum atomic E-state index is -2.83. The molecule has 4 heteroatoms. The Balaban J connectivity index is 1.91. The van der Waals surface area contributed by atoms with E-state index in [1.165, 1.54) is 0 Å². The molecule has 1 heterocycles. The van der Waals surface area contributed by atoms with Crippen molar-refractivity contribution in [2.45, 2.75) is 6.92 Å². The van der Waals surface area contributed by atoms with Crippen molar-refractivity contribution in [2.75, 3.05) is 0 Å². The molecule has 1 aromatic heterocycles. The zero-order chi connectivity index (χ0) is 19.9. The second-order valence-corrected chi connectivity index (χ2v) is 10.0. The Labute approximate surface area is 172 Å². The quantitative estimate of drug-likeness (QED) is 0.217. The van der Waals surface area contributed by atoms with Crippen LogP contribution in [0.5, 0.6) is 0 Å². The van der Waals surface area contributed by atoms with E-state index in [0.29, 0.717) is 0 Å². The lowest BCUT2D eigenvalue weighted by atomic mass is 10.3. The van der Waals surface area contributed by atoms with E-state index in [-0.39, 0.29) is 0 Å². The molecule has 29 heavy (non-hydrogen) atoms. The Morgan fingerprint density at radius 2 is 1.10 bits per heavy atom. The van der Waals surface area contributed by atoms with Crippen LogP contribution in [-0.2, 0) is 4.53 Å². The van der Waals surface area contributed by atoms with Crippen LogP contribution >= 0.6 is 0 Å². The summed E-state index contributed by atoms with van der Waals surface area (Å²) in [5.41, 5.74) is 1.56. The number of aromatic nitrogens is 1. The molecule has 0 aliphatic carbocycles. The van der Waals surface area contributed by atoms with Crippen molar-refractivity contribution in [3.05, 3.63) is 121 Å². The van der Waals surface area contributed by atoms with Gasteiger partial charge in [-0.25, -0.2) is 0 Å². The highest BCUT2D eigenvalue weighted by molar-refractivity contribution is 7.07. The number of hydrogen-bond donors (Lipinski definition) is 0. The van der Waals surface area contributed by atoms with Crippen LogP contribution in [0, 0.1) is 0 Å². The van der Waals surface area contributed by atoms with Crippen molar-refractivity contribution in [2.24, 2.45) is 5.16 Å². The molecule has 0 unspecified atom stereocenters. The van der Waals surface area contributed by atoms with E-state index in [1.807, 2.05) is 43.3 Å². The van der Waals surface area contributed by atoms with E-state index >= 15 is 0 Å². The van der Waals surface area contributed by atoms with Crippen LogP contribution in [0.4, 0.5) is 0 Å². The third kappa shape index (κ3) is 3.88. The number of benzene rings is 3. The van der Waals surface area contributed by atoms with Crippen molar-refractivity contribution in [1.29, 1.82) is 0 Å². The Morgan fingerprint density at radius 1 is 0.655 bits per heavy atom. The smallest absolute Gasteiger partial charge is 0.380 e. The van der Waals surface area contributed by atoms with E-state index < -0.39 is 8.32 Å². The van der Waals surface area contributed by atoms with Gasteiger partial charge < -0.3 is 4.53 Å². The van der Waals surface area contributed by atoms with Gasteiger partial charge >= 0.3 is 8.32 Å². The largest absolute Gasteiger partial charge is 0.438 e. The van der Waals surface area contributed by atoms with Crippen LogP contribution in [0.15, 0.2) is 121 Å². The van der Waals surface area contributed by atoms with Crippen molar-refractivity contribution in [3.8, 4) is 0 Å². The molecule has 3 aromatic carbocycles. The van der Waals surface area contributed by atoms with Gasteiger partial charge in [0.2, 0.25) is 0 Å². The van der Waals surface area contributed by atoms with E-state index in [2.05, 4.69) is 82.9 Å². The fourth-order valence-corrected chi connectivity index (χ4v) is 7.01. The van der Waals surface area contributed by atoms with Crippen LogP contribution < -0.4 is 15.6 Å². The maximum absolute atomic E-state index is 6.59. The highest BCUT2D eigenvalue weighted by Crippen LogP contribution is 2.11. The van der Waals surface area contributed by atoms with E-state index in [1.54, 1.807) is 6.20 Å². The minimum Gasteiger partial charge on any atom is -0.438 e. The zero-order valence-electron chi connectivity index (χ0n) is 16.3. The van der Waals surface area contributed by atoms with Crippen LogP contribution in [0.1, 0.15) is 12.6 Å². The van der Waals surface area contributed by atoms with Gasteiger partial charge in [-0.3, -0.25) is 4.98 Å². The van der Waals surface area contributed by atoms with Gasteiger partial charge in [0.1, 0.15) is 5.71 Å². The average molecular weight is 395 g/mol. The van der Waals surface area contributed by atoms with Gasteiger partial charge in [-0.15, -0.1) is 5.16 Å². The minimum absolute atomic E-state index is 0.755. The summed E-state index contributed by atoms with van der Waals surface area (Å²) in [7, 11) is -2.83. The summed E-state index contributed by atoms with van der Waals surface area (Å²) < 4.78 is 6.59. The summed E-state index contributed by atoms with van der Waals surface area (Å²) in [6.45, 7) is 1.93. The summed E-state index contributed by atoms with van der Waals surface area (Å²) in [6.07, 6.45) is 1.77. The van der Waals surface area contributed by atoms with Crippen molar-refractivity contribution in [1.82, 2.24) is 4.98 Å². The van der Waals surface area contributed by atoms with Crippen LogP contribution in [0.3, 0.4) is 0 Å². The van der Waals surface area contributed by atoms with Gasteiger partial charge in [0.25, 0.3) is 0 Å². The van der Waals surface area contributed by atoms with Crippen molar-refractivity contribution < 1.29 is 4.53 Å². The van der Waals surface area contributed by atoms with Gasteiger partial charge in [-0.2, -0.15) is 0 Å². The topological polar surface area (TPSA) is 34.5 Å². The molecule has 0 saturated carbocycles. The summed E-state index contributed by atoms with van der Waals surface area (Å²) in [5, 5.41) is 8.06. The van der Waals surface area contributed by atoms with Crippen LogP contribution in [0.2, 0.25) is 0 Å². The molecule has 4 aromatic rings. The monoisotopic (exact) mass is 394 g/mol. The number of rotatable bonds is 6. The number of pyridine rings is 1. The molecule has 0 radical (unpaired) electrons. The van der Waals surface area contributed by atoms with E-state index in [9.17, 15) is 0 Å². The highest BCUT2D eigenvalue weighted by atomic mass is 28.4. The predicted molar refractivity (Wildman–Crippen MR) is 122 cm³/mol. The first-order valence-corrected chi connectivity index (χ1v) is 11.5. The molecule has 4 rings (SSSR count). The molecule has 3 nitrogen and oxygen atoms in total. The van der Waals surface area contributed by atoms with Gasteiger partial charge in [-0.05, 0) is 34.6 Å². The van der Waals surface area contributed by atoms with Gasteiger partial charge in [0.15, 0.2) is 0 Å². The van der Waals surface area contributed by atoms with Gasteiger partial charge in [0, 0.05) is 6.20 Å². The van der Waals surface area contributed by atoms with E-state index in [0.717, 1.165) is 27.0 Å². The summed E-state index contributed by atoms with van der Waals surface area (Å²) >= 11 is 0. The summed E-state index contributed by atoms with van der Waals surface area (Å²) in [4.78, 5) is 4.40. The standard InChI is InChI=1S/C25H22N2OSi/c1-21(25-19-11-12-20-26-25)27-28-29(22-13-5-2-6-14-22,23-15-7-3-8-16-23)24-17-9-4-10-18-24/h2-20H,1H3. The summed E-state index contributed by atoms with van der Waals surface area (Å²) in [5.74, 6) is 0. The molecule has 0 fully saturated rings. The predicted octanol–water partition coefficient (Wildman–Crippen LogP) is 3.49. The fraction of sp³-hybridized carbons (Fsp3) is 0.0400. The Hall–Kier alpha value is -3.50. The molecule has 0 bridgehead atoms. The maximum Gasteiger partial charge on any atom is 0.380 e. The third-order valence-electron chi connectivity index (χ3n) is 4.90. The van der Waals surface area contributed by atoms with Crippen molar-refractivity contribution in [3.63, 3.8) is 0 Å². The molecule has 0 aliphatic rings. The second-order valence-electron chi connectivity index (χ2n) is 6.76. The molecule has 0 N–H and O–H groups in total. The normalized spacial score (nSPS) is 11.8. The first-order chi connectivity index (χ1) is 14.3. The second kappa shape index (κ2) is 8.67. The SMILES string of the molecule is CC(=NO[Si](c1ccccc1)(c1ccccc1)c1ccccc1)c1ccccn1. The average Bonchev–Trinajstić information content (AvgIpc) is 2.82. The van der Waals surface area contributed by atoms with Crippen LogP contribution in [-0.4, -0.2) is 19.0 Å². The lowest BCUT2D eigenvalue weighted by molar-refractivity contribution is 0.348. The van der Waals surface area contributed by atoms with Crippen molar-refractivity contribution >= 4 is 29.6 Å².